The van der Waals surface area contributed by atoms with Crippen LogP contribution in [0.4, 0.5) is 0 Å². The van der Waals surface area contributed by atoms with Crippen LogP contribution in [0.3, 0.4) is 0 Å². The van der Waals surface area contributed by atoms with E-state index in [1.807, 2.05) is 19.1 Å². The van der Waals surface area contributed by atoms with Crippen molar-refractivity contribution >= 4 is 29.9 Å². The molecule has 7 nitrogen and oxygen atoms in total. The topological polar surface area (TPSA) is 91.9 Å². The van der Waals surface area contributed by atoms with E-state index in [0.717, 1.165) is 18.4 Å². The highest BCUT2D eigenvalue weighted by Gasteiger charge is 2.26. The van der Waals surface area contributed by atoms with Gasteiger partial charge in [-0.15, -0.1) is 24.0 Å². The second-order valence-corrected chi connectivity index (χ2v) is 6.47. The molecule has 0 saturated heterocycles. The van der Waals surface area contributed by atoms with Crippen LogP contribution in [-0.2, 0) is 12.1 Å². The summed E-state index contributed by atoms with van der Waals surface area (Å²) in [7, 11) is 0. The molecule has 156 valence electrons. The van der Waals surface area contributed by atoms with E-state index in [2.05, 4.69) is 27.5 Å². The van der Waals surface area contributed by atoms with Gasteiger partial charge in [-0.3, -0.25) is 0 Å². The van der Waals surface area contributed by atoms with Gasteiger partial charge in [-0.2, -0.15) is 0 Å². The number of ether oxygens (including phenoxy) is 1. The molecule has 0 saturated carbocycles. The lowest BCUT2D eigenvalue weighted by atomic mass is 10.0. The molecule has 8 heteroatoms. The summed E-state index contributed by atoms with van der Waals surface area (Å²) in [5.74, 6) is 1.73. The normalized spacial score (nSPS) is 13.4. The van der Waals surface area contributed by atoms with Crippen molar-refractivity contribution in [2.75, 3.05) is 19.7 Å². The molecular formula is C20H31IN4O3. The summed E-state index contributed by atoms with van der Waals surface area (Å²) < 4.78 is 11.1. The van der Waals surface area contributed by atoms with Gasteiger partial charge in [0.1, 0.15) is 11.4 Å². The van der Waals surface area contributed by atoms with Gasteiger partial charge in [-0.25, -0.2) is 9.98 Å². The molecule has 0 fully saturated rings. The number of guanidine groups is 1. The van der Waals surface area contributed by atoms with Gasteiger partial charge in [0, 0.05) is 18.3 Å². The SMILES string of the molecule is CCCCOc1ncccc1CN=C(NCC)NCC(C)(O)c1ccco1.I. The van der Waals surface area contributed by atoms with E-state index in [-0.39, 0.29) is 30.5 Å². The molecule has 0 bridgehead atoms. The first-order chi connectivity index (χ1) is 13.1. The molecule has 0 aliphatic heterocycles. The molecule has 2 heterocycles. The molecule has 0 aliphatic carbocycles. The summed E-state index contributed by atoms with van der Waals surface area (Å²) >= 11 is 0. The van der Waals surface area contributed by atoms with E-state index in [0.29, 0.717) is 37.3 Å². The number of hydrogen-bond acceptors (Lipinski definition) is 5. The van der Waals surface area contributed by atoms with Gasteiger partial charge in [0.05, 0.1) is 26.0 Å². The van der Waals surface area contributed by atoms with Gasteiger partial charge in [-0.1, -0.05) is 19.4 Å². The predicted molar refractivity (Wildman–Crippen MR) is 121 cm³/mol. The Hall–Kier alpha value is -1.81. The molecule has 0 amide bonds. The minimum absolute atomic E-state index is 0. The number of unbranched alkanes of at least 4 members (excludes halogenated alkanes) is 1. The van der Waals surface area contributed by atoms with E-state index >= 15 is 0 Å². The summed E-state index contributed by atoms with van der Waals surface area (Å²) in [6, 6.07) is 7.34. The van der Waals surface area contributed by atoms with Crippen LogP contribution in [0.15, 0.2) is 46.1 Å². The number of rotatable bonds is 10. The zero-order valence-electron chi connectivity index (χ0n) is 16.8. The Morgan fingerprint density at radius 1 is 1.29 bits per heavy atom. The van der Waals surface area contributed by atoms with Gasteiger partial charge >= 0.3 is 0 Å². The maximum Gasteiger partial charge on any atom is 0.218 e. The highest BCUT2D eigenvalue weighted by atomic mass is 127. The fourth-order valence-corrected chi connectivity index (χ4v) is 2.42. The molecule has 1 atom stereocenters. The Kier molecular flexibility index (Phi) is 10.9. The number of nitrogens with one attached hydrogen (secondary N) is 2. The lowest BCUT2D eigenvalue weighted by Gasteiger charge is -2.22. The zero-order valence-corrected chi connectivity index (χ0v) is 19.1. The third-order valence-electron chi connectivity index (χ3n) is 3.99. The number of hydrogen-bond donors (Lipinski definition) is 3. The van der Waals surface area contributed by atoms with Crippen LogP contribution in [0.5, 0.6) is 5.88 Å². The van der Waals surface area contributed by atoms with Crippen LogP contribution in [0.25, 0.3) is 0 Å². The first kappa shape index (κ1) is 24.2. The van der Waals surface area contributed by atoms with Crippen LogP contribution in [0, 0.1) is 0 Å². The van der Waals surface area contributed by atoms with Crippen LogP contribution in [0.1, 0.15) is 44.9 Å². The smallest absolute Gasteiger partial charge is 0.218 e. The number of furan rings is 1. The average molecular weight is 502 g/mol. The first-order valence-electron chi connectivity index (χ1n) is 9.42. The van der Waals surface area contributed by atoms with Crippen molar-refractivity contribution in [3.63, 3.8) is 0 Å². The fraction of sp³-hybridized carbons (Fsp3) is 0.500. The molecule has 0 spiro atoms. The molecule has 0 radical (unpaired) electrons. The summed E-state index contributed by atoms with van der Waals surface area (Å²) in [6.07, 6.45) is 5.33. The van der Waals surface area contributed by atoms with E-state index in [1.165, 1.54) is 0 Å². The number of aliphatic imine (C=N–C) groups is 1. The Morgan fingerprint density at radius 2 is 2.11 bits per heavy atom. The maximum absolute atomic E-state index is 10.6. The predicted octanol–water partition coefficient (Wildman–Crippen LogP) is 3.43. The van der Waals surface area contributed by atoms with Gasteiger partial charge in [-0.05, 0) is 38.5 Å². The van der Waals surface area contributed by atoms with E-state index in [1.54, 1.807) is 31.5 Å². The summed E-state index contributed by atoms with van der Waals surface area (Å²) in [4.78, 5) is 8.90. The number of halogens is 1. The summed E-state index contributed by atoms with van der Waals surface area (Å²) in [6.45, 7) is 7.86. The van der Waals surface area contributed by atoms with Crippen molar-refractivity contribution in [1.82, 2.24) is 15.6 Å². The number of aliphatic hydroxyl groups is 1. The summed E-state index contributed by atoms with van der Waals surface area (Å²) in [5, 5.41) is 16.9. The molecule has 28 heavy (non-hydrogen) atoms. The van der Waals surface area contributed by atoms with Gasteiger partial charge < -0.3 is 24.9 Å². The Bertz CT molecular complexity index is 705. The quantitative estimate of drug-likeness (QED) is 0.200. The molecule has 0 aromatic carbocycles. The van der Waals surface area contributed by atoms with Crippen molar-refractivity contribution < 1.29 is 14.3 Å². The summed E-state index contributed by atoms with van der Waals surface area (Å²) in [5.41, 5.74) is -0.216. The van der Waals surface area contributed by atoms with Crippen molar-refractivity contribution in [2.45, 2.75) is 45.8 Å². The Labute approximate surface area is 184 Å². The van der Waals surface area contributed by atoms with Crippen molar-refractivity contribution in [1.29, 1.82) is 0 Å². The Morgan fingerprint density at radius 3 is 2.79 bits per heavy atom. The van der Waals surface area contributed by atoms with Gasteiger partial charge in [0.2, 0.25) is 5.88 Å². The zero-order chi connectivity index (χ0) is 19.5. The average Bonchev–Trinajstić information content (AvgIpc) is 3.21. The minimum Gasteiger partial charge on any atom is -0.477 e. The number of nitrogens with zero attached hydrogens (tertiary/aromatic N) is 2. The standard InChI is InChI=1S/C20H30N4O3.HI/c1-4-6-12-27-18-16(9-7-11-22-18)14-23-19(21-5-2)24-15-20(3,25)17-10-8-13-26-17;/h7-11,13,25H,4-6,12,14-15H2,1-3H3,(H2,21,23,24);1H. The fourth-order valence-electron chi connectivity index (χ4n) is 2.42. The van der Waals surface area contributed by atoms with Crippen molar-refractivity contribution in [3.8, 4) is 5.88 Å². The van der Waals surface area contributed by atoms with Crippen LogP contribution in [-0.4, -0.2) is 35.7 Å². The highest BCUT2D eigenvalue weighted by molar-refractivity contribution is 14.0. The third-order valence-corrected chi connectivity index (χ3v) is 3.99. The number of pyridine rings is 1. The third kappa shape index (κ3) is 7.67. The van der Waals surface area contributed by atoms with Gasteiger partial charge in [0.15, 0.2) is 5.96 Å². The number of aromatic nitrogens is 1. The molecule has 1 unspecified atom stereocenters. The van der Waals surface area contributed by atoms with Gasteiger partial charge in [0.25, 0.3) is 0 Å². The lowest BCUT2D eigenvalue weighted by Crippen LogP contribution is -2.44. The maximum atomic E-state index is 10.6. The molecular weight excluding hydrogens is 471 g/mol. The van der Waals surface area contributed by atoms with E-state index < -0.39 is 5.60 Å². The van der Waals surface area contributed by atoms with Crippen molar-refractivity contribution in [2.24, 2.45) is 4.99 Å². The lowest BCUT2D eigenvalue weighted by molar-refractivity contribution is 0.0386. The molecule has 2 rings (SSSR count). The second kappa shape index (κ2) is 12.6. The van der Waals surface area contributed by atoms with Crippen LogP contribution >= 0.6 is 24.0 Å². The van der Waals surface area contributed by atoms with E-state index in [4.69, 9.17) is 9.15 Å². The monoisotopic (exact) mass is 502 g/mol. The largest absolute Gasteiger partial charge is 0.477 e. The molecule has 3 N–H and O–H groups in total. The second-order valence-electron chi connectivity index (χ2n) is 6.47. The molecule has 0 aliphatic rings. The minimum atomic E-state index is -1.14. The van der Waals surface area contributed by atoms with Crippen LogP contribution < -0.4 is 15.4 Å². The molecule has 2 aromatic rings. The molecule has 2 aromatic heterocycles. The first-order valence-corrected chi connectivity index (χ1v) is 9.42. The van der Waals surface area contributed by atoms with E-state index in [9.17, 15) is 5.11 Å². The van der Waals surface area contributed by atoms with Crippen molar-refractivity contribution in [3.05, 3.63) is 48.0 Å². The highest BCUT2D eigenvalue weighted by Crippen LogP contribution is 2.20. The van der Waals surface area contributed by atoms with Crippen LogP contribution in [0.2, 0.25) is 0 Å². The Balaban J connectivity index is 0.00000392.